The van der Waals surface area contributed by atoms with E-state index < -0.39 is 107 Å². The molecule has 2 aromatic carbocycles. The van der Waals surface area contributed by atoms with Crippen LogP contribution in [0.3, 0.4) is 0 Å². The van der Waals surface area contributed by atoms with Crippen molar-refractivity contribution < 1.29 is 106 Å². The smallest absolute Gasteiger partial charge is 0.342 e. The molecular formula is C58H72O22. The van der Waals surface area contributed by atoms with Gasteiger partial charge in [-0.2, -0.15) is 0 Å². The van der Waals surface area contributed by atoms with Crippen LogP contribution < -0.4 is 18.9 Å². The van der Waals surface area contributed by atoms with Gasteiger partial charge in [0.15, 0.2) is 0 Å². The van der Waals surface area contributed by atoms with Crippen molar-refractivity contribution in [3.63, 3.8) is 0 Å². The van der Waals surface area contributed by atoms with E-state index in [0.717, 1.165) is 18.2 Å². The van der Waals surface area contributed by atoms with Crippen molar-refractivity contribution in [2.24, 2.45) is 41.4 Å². The van der Waals surface area contributed by atoms with E-state index in [1.165, 1.54) is 37.3 Å². The van der Waals surface area contributed by atoms with Gasteiger partial charge in [0.25, 0.3) is 0 Å². The quantitative estimate of drug-likeness (QED) is 0.0271. The number of ether oxygens (including phenoxy) is 10. The van der Waals surface area contributed by atoms with Crippen LogP contribution in [-0.4, -0.2) is 122 Å². The molecule has 436 valence electrons. The molecule has 0 aliphatic heterocycles. The highest BCUT2D eigenvalue weighted by Gasteiger charge is 2.42. The summed E-state index contributed by atoms with van der Waals surface area (Å²) in [6.45, 7) is 10.9. The molecule has 0 saturated heterocycles. The average Bonchev–Trinajstić information content (AvgIpc) is 3.46. The van der Waals surface area contributed by atoms with E-state index in [1.54, 1.807) is 6.92 Å². The fraction of sp³-hybridized carbons (Fsp3) is 0.552. The van der Waals surface area contributed by atoms with Gasteiger partial charge < -0.3 is 57.6 Å². The van der Waals surface area contributed by atoms with Crippen molar-refractivity contribution in [3.8, 4) is 23.0 Å². The summed E-state index contributed by atoms with van der Waals surface area (Å²) in [5.41, 5.74) is -0.636. The van der Waals surface area contributed by atoms with Gasteiger partial charge in [-0.1, -0.05) is 13.2 Å². The average molecular weight is 1120 g/mol. The zero-order valence-corrected chi connectivity index (χ0v) is 45.3. The summed E-state index contributed by atoms with van der Waals surface area (Å²) in [5, 5.41) is 20.6. The number of carbonyl (C=O) groups is 10. The van der Waals surface area contributed by atoms with Gasteiger partial charge in [-0.3, -0.25) is 28.8 Å². The molecule has 80 heavy (non-hydrogen) atoms. The lowest BCUT2D eigenvalue weighted by atomic mass is 9.72. The second-order valence-electron chi connectivity index (χ2n) is 19.7. The zero-order valence-electron chi connectivity index (χ0n) is 45.3. The molecule has 0 aromatic heterocycles. The van der Waals surface area contributed by atoms with Crippen molar-refractivity contribution in [1.82, 2.24) is 0 Å². The van der Waals surface area contributed by atoms with Crippen LogP contribution in [0.15, 0.2) is 61.7 Å². The molecule has 4 unspecified atom stereocenters. The summed E-state index contributed by atoms with van der Waals surface area (Å²) in [7, 11) is 0. The van der Waals surface area contributed by atoms with Crippen LogP contribution >= 0.6 is 0 Å². The normalized spacial score (nSPS) is 21.0. The molecule has 3 fully saturated rings. The summed E-state index contributed by atoms with van der Waals surface area (Å²) < 4.78 is 53.8. The maximum atomic E-state index is 13.5. The number of carbonyl (C=O) groups excluding carboxylic acids is 9. The van der Waals surface area contributed by atoms with E-state index in [9.17, 15) is 58.2 Å². The molecular weight excluding hydrogens is 1050 g/mol. The topological polar surface area (TPSA) is 303 Å². The third-order valence-corrected chi connectivity index (χ3v) is 14.2. The van der Waals surface area contributed by atoms with Crippen molar-refractivity contribution in [3.05, 3.63) is 72.8 Å². The summed E-state index contributed by atoms with van der Waals surface area (Å²) >= 11 is 0. The number of benzene rings is 2. The number of hydrogen-bond donors (Lipinski definition) is 2. The maximum Gasteiger partial charge on any atom is 0.342 e. The second-order valence-corrected chi connectivity index (χ2v) is 19.7. The Balaban J connectivity index is 1.10. The van der Waals surface area contributed by atoms with Gasteiger partial charge in [0.2, 0.25) is 0 Å². The van der Waals surface area contributed by atoms with Crippen molar-refractivity contribution in [1.29, 1.82) is 0 Å². The van der Waals surface area contributed by atoms with E-state index in [4.69, 9.17) is 47.4 Å². The van der Waals surface area contributed by atoms with E-state index in [2.05, 4.69) is 13.2 Å². The number of carboxylic acid groups (broad SMARTS) is 1. The van der Waals surface area contributed by atoms with Gasteiger partial charge in [-0.15, -0.1) is 0 Å². The Morgan fingerprint density at radius 3 is 1.39 bits per heavy atom. The first-order valence-corrected chi connectivity index (χ1v) is 27.1. The van der Waals surface area contributed by atoms with Gasteiger partial charge in [0, 0.05) is 18.8 Å². The molecule has 2 N–H and O–H groups in total. The molecule has 3 saturated carbocycles. The fourth-order valence-corrected chi connectivity index (χ4v) is 9.66. The lowest BCUT2D eigenvalue weighted by Crippen LogP contribution is -2.40. The van der Waals surface area contributed by atoms with Crippen LogP contribution in [-0.2, 0) is 66.8 Å². The van der Waals surface area contributed by atoms with E-state index >= 15 is 0 Å². The standard InChI is InChI=1S/C58H72O22/c1-5-49(60)72-26-8-10-28-74-52(64)36-12-14-39(15-13-36)55(67)80-48-25-22-42(34-46(48)58(70)76-31-30-71-7-3)78-54(66)38-18-16-37(17-19-38)53(65)77-41-21-24-47(45(33-41)51(62)63)79-56(68)40-20-23-43(44(32-40)35(4)59)57(69)75-29-11-9-27-73-50(61)6-2/h5-6,21-22,24-25,33-40,43-44,59H,1-2,7-20,23,26-32H2,3-4H3,(H,62,63). The lowest BCUT2D eigenvalue weighted by Gasteiger charge is -2.35. The van der Waals surface area contributed by atoms with Gasteiger partial charge in [0.1, 0.15) is 40.7 Å². The van der Waals surface area contributed by atoms with Crippen LogP contribution in [0, 0.1) is 41.4 Å². The number of aliphatic hydroxyl groups excluding tert-OH is 1. The fourth-order valence-electron chi connectivity index (χ4n) is 9.66. The monoisotopic (exact) mass is 1120 g/mol. The van der Waals surface area contributed by atoms with Crippen molar-refractivity contribution in [2.75, 3.05) is 46.2 Å². The van der Waals surface area contributed by atoms with E-state index in [0.29, 0.717) is 58.0 Å². The molecule has 0 spiro atoms. The van der Waals surface area contributed by atoms with Crippen LogP contribution in [0.25, 0.3) is 0 Å². The largest absolute Gasteiger partial charge is 0.478 e. The highest BCUT2D eigenvalue weighted by atomic mass is 16.6. The van der Waals surface area contributed by atoms with Crippen molar-refractivity contribution in [2.45, 2.75) is 116 Å². The number of carboxylic acids is 1. The first kappa shape index (κ1) is 63.4. The summed E-state index contributed by atoms with van der Waals surface area (Å²) in [6, 6.07) is 7.46. The van der Waals surface area contributed by atoms with E-state index in [-0.39, 0.29) is 119 Å². The first-order valence-electron chi connectivity index (χ1n) is 27.1. The number of unbranched alkanes of at least 4 members (excludes halogenated alkanes) is 2. The summed E-state index contributed by atoms with van der Waals surface area (Å²) in [6.07, 6.45) is 5.83. The molecule has 0 heterocycles. The Labute approximate surface area is 463 Å². The highest BCUT2D eigenvalue weighted by molar-refractivity contribution is 5.95. The van der Waals surface area contributed by atoms with Gasteiger partial charge in [-0.25, -0.2) is 19.2 Å². The second kappa shape index (κ2) is 32.6. The number of aromatic carboxylic acids is 1. The lowest BCUT2D eigenvalue weighted by molar-refractivity contribution is -0.157. The molecule has 3 aliphatic rings. The molecule has 3 aliphatic carbocycles. The predicted molar refractivity (Wildman–Crippen MR) is 279 cm³/mol. The number of rotatable bonds is 29. The Hall–Kier alpha value is -7.46. The van der Waals surface area contributed by atoms with Crippen LogP contribution in [0.5, 0.6) is 23.0 Å². The SMILES string of the molecule is C=CC(=O)OCCCCOC(=O)C1CCC(C(=O)Oc2ccc(OC(=O)C3CCC(C(=O)Oc4ccc(OC(=O)C5CCC(C(=O)OCCCCOC(=O)C=C)C(C(C)O)C5)c(C(=O)O)c4)CC3)cc2C(=O)OCCOCC)CC1. The minimum absolute atomic E-state index is 0.0299. The van der Waals surface area contributed by atoms with Crippen LogP contribution in [0.1, 0.15) is 131 Å². The van der Waals surface area contributed by atoms with Gasteiger partial charge in [-0.05, 0) is 152 Å². The predicted octanol–water partition coefficient (Wildman–Crippen LogP) is 7.03. The minimum atomic E-state index is -1.47. The van der Waals surface area contributed by atoms with Crippen molar-refractivity contribution >= 4 is 59.7 Å². The third-order valence-electron chi connectivity index (χ3n) is 14.2. The summed E-state index contributed by atoms with van der Waals surface area (Å²) in [4.78, 5) is 127. The molecule has 0 amide bonds. The van der Waals surface area contributed by atoms with Gasteiger partial charge in [0.05, 0.1) is 74.6 Å². The summed E-state index contributed by atoms with van der Waals surface area (Å²) in [5.74, 6) is -12.0. The molecule has 0 radical (unpaired) electrons. The molecule has 4 atom stereocenters. The van der Waals surface area contributed by atoms with Gasteiger partial charge >= 0.3 is 59.7 Å². The van der Waals surface area contributed by atoms with Crippen LogP contribution in [0.2, 0.25) is 0 Å². The third kappa shape index (κ3) is 19.7. The maximum absolute atomic E-state index is 13.5. The highest BCUT2D eigenvalue weighted by Crippen LogP contribution is 2.39. The molecule has 5 rings (SSSR count). The molecule has 0 bridgehead atoms. The Bertz CT molecular complexity index is 2520. The Kier molecular flexibility index (Phi) is 25.8. The number of aliphatic hydroxyl groups is 1. The van der Waals surface area contributed by atoms with Crippen LogP contribution in [0.4, 0.5) is 0 Å². The number of esters is 9. The zero-order chi connectivity index (χ0) is 58.1. The Morgan fingerprint density at radius 2 is 0.925 bits per heavy atom. The first-order chi connectivity index (χ1) is 38.4. The minimum Gasteiger partial charge on any atom is -0.478 e. The number of hydrogen-bond acceptors (Lipinski definition) is 21. The van der Waals surface area contributed by atoms with E-state index in [1.807, 2.05) is 0 Å². The Morgan fingerprint density at radius 1 is 0.512 bits per heavy atom. The molecule has 22 heteroatoms. The molecule has 2 aromatic rings. The molecule has 22 nitrogen and oxygen atoms in total.